The fraction of sp³-hybridized carbons (Fsp3) is 0.571. The molecule has 3 rings (SSSR count). The number of carbonyl (C=O) groups excluding carboxylic acids is 3. The van der Waals surface area contributed by atoms with E-state index in [9.17, 15) is 14.4 Å². The molecule has 0 spiro atoms. The second kappa shape index (κ2) is 8.82. The van der Waals surface area contributed by atoms with E-state index in [4.69, 9.17) is 10.5 Å². The number of benzene rings is 1. The van der Waals surface area contributed by atoms with E-state index in [0.29, 0.717) is 16.9 Å². The smallest absolute Gasteiger partial charge is 0.414 e. The molecule has 0 radical (unpaired) electrons. The highest BCUT2D eigenvalue weighted by Crippen LogP contribution is 2.36. The number of anilines is 2. The van der Waals surface area contributed by atoms with Crippen molar-refractivity contribution in [2.45, 2.75) is 64.1 Å². The number of hydrogen-bond acceptors (Lipinski definition) is 5. The number of nitrogens with two attached hydrogens (primary N) is 1. The Balaban J connectivity index is 1.84. The minimum Gasteiger partial charge on any atom is -0.452 e. The molecule has 8 nitrogen and oxygen atoms in total. The van der Waals surface area contributed by atoms with Crippen LogP contribution in [0.2, 0.25) is 0 Å². The van der Waals surface area contributed by atoms with E-state index >= 15 is 0 Å². The van der Waals surface area contributed by atoms with Crippen molar-refractivity contribution in [1.29, 1.82) is 0 Å². The number of ether oxygens (including phenoxy) is 1. The molecule has 0 aromatic heterocycles. The lowest BCUT2D eigenvalue weighted by molar-refractivity contribution is -0.118. The summed E-state index contributed by atoms with van der Waals surface area (Å²) in [7, 11) is 1.29. The summed E-state index contributed by atoms with van der Waals surface area (Å²) in [6.07, 6.45) is 3.66. The van der Waals surface area contributed by atoms with Crippen LogP contribution in [0, 0.1) is 5.92 Å². The monoisotopic (exact) mass is 402 g/mol. The van der Waals surface area contributed by atoms with Gasteiger partial charge in [0.15, 0.2) is 0 Å². The molecular formula is C21H30N4O4. The second-order valence-electron chi connectivity index (χ2n) is 7.98. The highest BCUT2D eigenvalue weighted by atomic mass is 16.5. The van der Waals surface area contributed by atoms with E-state index in [1.165, 1.54) is 12.0 Å². The first-order valence-electron chi connectivity index (χ1n) is 10.2. The van der Waals surface area contributed by atoms with Gasteiger partial charge in [0.05, 0.1) is 18.5 Å². The summed E-state index contributed by atoms with van der Waals surface area (Å²) in [6, 6.07) is 4.63. The van der Waals surface area contributed by atoms with Crippen LogP contribution < -0.4 is 21.3 Å². The second-order valence-corrected chi connectivity index (χ2v) is 7.98. The molecule has 8 heteroatoms. The van der Waals surface area contributed by atoms with Gasteiger partial charge in [-0.05, 0) is 49.8 Å². The Morgan fingerprint density at radius 2 is 2.00 bits per heavy atom. The topological polar surface area (TPSA) is 114 Å². The molecule has 2 unspecified atom stereocenters. The van der Waals surface area contributed by atoms with E-state index in [-0.39, 0.29) is 29.8 Å². The third-order valence-corrected chi connectivity index (χ3v) is 5.98. The maximum absolute atomic E-state index is 12.7. The van der Waals surface area contributed by atoms with Gasteiger partial charge in [0.2, 0.25) is 5.91 Å². The number of nitrogens with one attached hydrogen (secondary N) is 2. The van der Waals surface area contributed by atoms with Crippen LogP contribution in [0.4, 0.5) is 16.2 Å². The minimum absolute atomic E-state index is 0.0529. The molecule has 3 amide bonds. The number of fused-ring (bicyclic) bond motifs is 1. The zero-order chi connectivity index (χ0) is 21.1. The number of carbonyl (C=O) groups is 3. The normalized spacial score (nSPS) is 24.9. The van der Waals surface area contributed by atoms with Crippen molar-refractivity contribution in [3.8, 4) is 0 Å². The van der Waals surface area contributed by atoms with Crippen LogP contribution in [0.3, 0.4) is 0 Å². The predicted octanol–water partition coefficient (Wildman–Crippen LogP) is 2.63. The van der Waals surface area contributed by atoms with E-state index in [1.807, 2.05) is 13.8 Å². The Morgan fingerprint density at radius 1 is 1.31 bits per heavy atom. The van der Waals surface area contributed by atoms with Gasteiger partial charge in [0.1, 0.15) is 6.04 Å². The molecule has 1 aromatic rings. The zero-order valence-corrected chi connectivity index (χ0v) is 17.2. The Hall–Kier alpha value is -2.61. The maximum atomic E-state index is 12.7. The lowest BCUT2D eigenvalue weighted by Gasteiger charge is -2.38. The molecule has 4 N–H and O–H groups in total. The lowest BCUT2D eigenvalue weighted by atomic mass is 9.91. The summed E-state index contributed by atoms with van der Waals surface area (Å²) < 4.78 is 4.92. The quantitative estimate of drug-likeness (QED) is 0.716. The first-order chi connectivity index (χ1) is 13.8. The zero-order valence-electron chi connectivity index (χ0n) is 17.2. The van der Waals surface area contributed by atoms with Crippen LogP contribution in [0.15, 0.2) is 18.2 Å². The van der Waals surface area contributed by atoms with Gasteiger partial charge in [-0.15, -0.1) is 0 Å². The van der Waals surface area contributed by atoms with Crippen LogP contribution in [-0.4, -0.2) is 43.1 Å². The van der Waals surface area contributed by atoms with Crippen LogP contribution in [-0.2, 0) is 9.53 Å². The molecule has 1 aromatic carbocycles. The van der Waals surface area contributed by atoms with Crippen LogP contribution >= 0.6 is 0 Å². The van der Waals surface area contributed by atoms with Crippen molar-refractivity contribution in [3.63, 3.8) is 0 Å². The van der Waals surface area contributed by atoms with E-state index in [0.717, 1.165) is 32.1 Å². The minimum atomic E-state index is -0.661. The fourth-order valence-corrected chi connectivity index (χ4v) is 4.04. The molecular weight excluding hydrogens is 372 g/mol. The molecule has 2 aliphatic rings. The van der Waals surface area contributed by atoms with Gasteiger partial charge in [0, 0.05) is 17.6 Å². The fourth-order valence-electron chi connectivity index (χ4n) is 4.04. The van der Waals surface area contributed by atoms with E-state index < -0.39 is 12.1 Å². The molecule has 1 heterocycles. The van der Waals surface area contributed by atoms with Crippen molar-refractivity contribution in [1.82, 2.24) is 5.32 Å². The summed E-state index contributed by atoms with van der Waals surface area (Å²) in [5.41, 5.74) is 7.32. The van der Waals surface area contributed by atoms with Gasteiger partial charge < -0.3 is 21.1 Å². The number of nitrogens with zero attached hydrogens (tertiary/aromatic N) is 1. The van der Waals surface area contributed by atoms with Crippen molar-refractivity contribution in [2.75, 3.05) is 17.3 Å². The summed E-state index contributed by atoms with van der Waals surface area (Å²) in [4.78, 5) is 39.3. The van der Waals surface area contributed by atoms with Gasteiger partial charge in [-0.1, -0.05) is 20.3 Å². The first-order valence-corrected chi connectivity index (χ1v) is 10.2. The molecule has 158 valence electrons. The highest BCUT2D eigenvalue weighted by Gasteiger charge is 2.40. The van der Waals surface area contributed by atoms with Gasteiger partial charge in [-0.2, -0.15) is 0 Å². The molecule has 1 fully saturated rings. The maximum Gasteiger partial charge on any atom is 0.414 e. The number of hydrogen-bond donors (Lipinski definition) is 3. The average molecular weight is 402 g/mol. The number of amides is 3. The van der Waals surface area contributed by atoms with Gasteiger partial charge in [0.25, 0.3) is 5.91 Å². The first kappa shape index (κ1) is 21.1. The van der Waals surface area contributed by atoms with Gasteiger partial charge in [-0.25, -0.2) is 4.79 Å². The molecule has 1 saturated carbocycles. The van der Waals surface area contributed by atoms with Crippen LogP contribution in [0.5, 0.6) is 0 Å². The number of methoxy groups -OCH3 is 1. The largest absolute Gasteiger partial charge is 0.452 e. The Morgan fingerprint density at radius 3 is 2.62 bits per heavy atom. The van der Waals surface area contributed by atoms with E-state index in [2.05, 4.69) is 10.6 Å². The van der Waals surface area contributed by atoms with Crippen LogP contribution in [0.25, 0.3) is 0 Å². The molecule has 29 heavy (non-hydrogen) atoms. The summed E-state index contributed by atoms with van der Waals surface area (Å²) in [5, 5.41) is 5.90. The third kappa shape index (κ3) is 4.37. The SMILES string of the molecule is CCC(C)C1C(=O)Nc2cc(C(=O)NC3CCC(N)CC3)ccc2N1C(=O)OC. The van der Waals surface area contributed by atoms with Crippen molar-refractivity contribution in [3.05, 3.63) is 23.8 Å². The van der Waals surface area contributed by atoms with Crippen molar-refractivity contribution in [2.24, 2.45) is 11.7 Å². The molecule has 0 saturated heterocycles. The molecule has 1 aliphatic carbocycles. The Bertz CT molecular complexity index is 789. The highest BCUT2D eigenvalue weighted by molar-refractivity contribution is 6.11. The lowest BCUT2D eigenvalue weighted by Crippen LogP contribution is -2.54. The average Bonchev–Trinajstić information content (AvgIpc) is 2.72. The third-order valence-electron chi connectivity index (χ3n) is 5.98. The molecule has 1 aliphatic heterocycles. The Labute approximate surface area is 171 Å². The summed E-state index contributed by atoms with van der Waals surface area (Å²) in [6.45, 7) is 3.89. The summed E-state index contributed by atoms with van der Waals surface area (Å²) >= 11 is 0. The van der Waals surface area contributed by atoms with Crippen LogP contribution in [0.1, 0.15) is 56.3 Å². The molecule has 0 bridgehead atoms. The Kier molecular flexibility index (Phi) is 6.42. The van der Waals surface area contributed by atoms with Crippen molar-refractivity contribution < 1.29 is 19.1 Å². The molecule has 2 atom stereocenters. The standard InChI is InChI=1S/C21H30N4O4/c1-4-12(2)18-20(27)24-16-11-13(5-10-17(16)25(18)21(28)29-3)19(26)23-15-8-6-14(22)7-9-15/h5,10-12,14-15,18H,4,6-9,22H2,1-3H3,(H,23,26)(H,24,27). The summed E-state index contributed by atoms with van der Waals surface area (Å²) in [5.74, 6) is -0.532. The van der Waals surface area contributed by atoms with Gasteiger partial charge >= 0.3 is 6.09 Å². The predicted molar refractivity (Wildman–Crippen MR) is 111 cm³/mol. The van der Waals surface area contributed by atoms with E-state index in [1.54, 1.807) is 18.2 Å². The van der Waals surface area contributed by atoms with Gasteiger partial charge in [-0.3, -0.25) is 14.5 Å². The van der Waals surface area contributed by atoms with Crippen molar-refractivity contribution >= 4 is 29.3 Å². The number of rotatable bonds is 4.